The highest BCUT2D eigenvalue weighted by Gasteiger charge is 1.59. The molecular formula is C12H13N3S. The molecule has 1 aromatic rings. The quantitative estimate of drug-likeness (QED) is 0.744. The molecule has 0 aliphatic heterocycles. The zero-order valence-corrected chi connectivity index (χ0v) is 9.55. The first-order chi connectivity index (χ1) is 8.00. The molecule has 1 heterocycles. The van der Waals surface area contributed by atoms with Gasteiger partial charge in [0.1, 0.15) is 6.33 Å². The van der Waals surface area contributed by atoms with E-state index >= 15 is 0 Å². The van der Waals surface area contributed by atoms with Gasteiger partial charge in [-0.3, -0.25) is 0 Å². The molecule has 1 rings (SSSR count). The Morgan fingerprint density at radius 2 is 1.44 bits per heavy atom. The van der Waals surface area contributed by atoms with Crippen molar-refractivity contribution in [2.75, 3.05) is 0 Å². The summed E-state index contributed by atoms with van der Waals surface area (Å²) in [5.41, 5.74) is 0. The Hall–Kier alpha value is -1.94. The molecular weight excluding hydrogens is 218 g/mol. The van der Waals surface area contributed by atoms with E-state index in [9.17, 15) is 0 Å². The van der Waals surface area contributed by atoms with Crippen LogP contribution in [0.4, 0.5) is 0 Å². The highest BCUT2D eigenvalue weighted by atomic mass is 32.1. The van der Waals surface area contributed by atoms with E-state index in [-0.39, 0.29) is 0 Å². The van der Waals surface area contributed by atoms with Gasteiger partial charge in [-0.2, -0.15) is 0 Å². The summed E-state index contributed by atoms with van der Waals surface area (Å²) >= 11 is 1.47. The third-order valence-corrected chi connectivity index (χ3v) is 1.98. The second-order valence-corrected chi connectivity index (χ2v) is 3.34. The van der Waals surface area contributed by atoms with Crippen molar-refractivity contribution < 1.29 is 0 Å². The largest absolute Gasteiger partial charge is 0.317 e. The van der Waals surface area contributed by atoms with Crippen molar-refractivity contribution in [2.24, 2.45) is 0 Å². The van der Waals surface area contributed by atoms with Crippen molar-refractivity contribution in [1.82, 2.24) is 14.3 Å². The summed E-state index contributed by atoms with van der Waals surface area (Å²) in [5.74, 6) is 0. The van der Waals surface area contributed by atoms with Crippen LogP contribution >= 0.6 is 11.5 Å². The van der Waals surface area contributed by atoms with Gasteiger partial charge in [0, 0.05) is 24.0 Å². The van der Waals surface area contributed by atoms with Crippen LogP contribution in [-0.2, 0) is 0 Å². The summed E-state index contributed by atoms with van der Waals surface area (Å²) in [7, 11) is 0. The zero-order valence-electron chi connectivity index (χ0n) is 8.73. The van der Waals surface area contributed by atoms with Crippen molar-refractivity contribution in [2.45, 2.75) is 0 Å². The highest BCUT2D eigenvalue weighted by Crippen LogP contribution is 1.81. The predicted molar refractivity (Wildman–Crippen MR) is 67.1 cm³/mol. The van der Waals surface area contributed by atoms with Crippen molar-refractivity contribution in [3.05, 3.63) is 72.8 Å². The minimum Gasteiger partial charge on any atom is -0.317 e. The summed E-state index contributed by atoms with van der Waals surface area (Å²) in [4.78, 5) is 7.88. The maximum Gasteiger partial charge on any atom is 0.115 e. The molecule has 16 heavy (non-hydrogen) atoms. The SMILES string of the molecule is c1ccccncncc[nH]scccc1. The summed E-state index contributed by atoms with van der Waals surface area (Å²) in [5, 5.41) is 1.94. The third-order valence-electron chi connectivity index (χ3n) is 1.42. The molecule has 0 radical (unpaired) electrons. The molecule has 0 aromatic carbocycles. The van der Waals surface area contributed by atoms with Gasteiger partial charge in [-0.05, 0) is 6.07 Å². The van der Waals surface area contributed by atoms with Crippen LogP contribution in [0.25, 0.3) is 0 Å². The number of aromatic amines is 1. The fourth-order valence-electron chi connectivity index (χ4n) is 0.772. The van der Waals surface area contributed by atoms with Crippen LogP contribution in [0.15, 0.2) is 72.8 Å². The Kier molecular flexibility index (Phi) is 7.29. The smallest absolute Gasteiger partial charge is 0.115 e. The van der Waals surface area contributed by atoms with Gasteiger partial charge < -0.3 is 4.37 Å². The molecule has 82 valence electrons. The molecule has 0 unspecified atom stereocenters. The van der Waals surface area contributed by atoms with Gasteiger partial charge in [-0.25, -0.2) is 9.97 Å². The summed E-state index contributed by atoms with van der Waals surface area (Å²) in [6.45, 7) is 0. The molecule has 1 aromatic heterocycles. The zero-order chi connectivity index (χ0) is 11.3. The molecule has 0 atom stereocenters. The number of rotatable bonds is 0. The van der Waals surface area contributed by atoms with E-state index in [1.807, 2.05) is 47.8 Å². The van der Waals surface area contributed by atoms with Gasteiger partial charge in [0.15, 0.2) is 0 Å². The summed E-state index contributed by atoms with van der Waals surface area (Å²) in [6.07, 6.45) is 6.55. The maximum atomic E-state index is 3.95. The van der Waals surface area contributed by atoms with Crippen molar-refractivity contribution >= 4 is 11.5 Å². The van der Waals surface area contributed by atoms with E-state index in [1.165, 1.54) is 17.9 Å². The molecule has 4 heteroatoms. The Labute approximate surface area is 99.0 Å². The van der Waals surface area contributed by atoms with E-state index in [2.05, 4.69) is 14.3 Å². The molecule has 3 nitrogen and oxygen atoms in total. The molecule has 1 N–H and O–H groups in total. The first-order valence-electron chi connectivity index (χ1n) is 4.76. The van der Waals surface area contributed by atoms with Crippen LogP contribution in [-0.4, -0.2) is 14.3 Å². The number of H-pyrrole nitrogens is 1. The Bertz CT molecular complexity index is 268. The third kappa shape index (κ3) is 7.46. The Balaban J connectivity index is 3.00. The predicted octanol–water partition coefficient (Wildman–Crippen LogP) is 3.24. The monoisotopic (exact) mass is 231 g/mol. The van der Waals surface area contributed by atoms with Crippen LogP contribution < -0.4 is 0 Å². The lowest BCUT2D eigenvalue weighted by Gasteiger charge is -1.71. The van der Waals surface area contributed by atoms with Crippen molar-refractivity contribution in [3.63, 3.8) is 0 Å². The topological polar surface area (TPSA) is 41.6 Å². The van der Waals surface area contributed by atoms with Gasteiger partial charge in [0.25, 0.3) is 0 Å². The first-order valence-corrected chi connectivity index (χ1v) is 5.64. The maximum absolute atomic E-state index is 3.95. The number of nitrogens with zero attached hydrogens (tertiary/aromatic N) is 2. The van der Waals surface area contributed by atoms with E-state index in [0.717, 1.165) is 0 Å². The van der Waals surface area contributed by atoms with Crippen LogP contribution in [0.5, 0.6) is 0 Å². The Morgan fingerprint density at radius 1 is 0.750 bits per heavy atom. The van der Waals surface area contributed by atoms with Gasteiger partial charge in [-0.15, -0.1) is 0 Å². The molecule has 0 saturated heterocycles. The van der Waals surface area contributed by atoms with Gasteiger partial charge in [0.2, 0.25) is 0 Å². The molecule has 0 amide bonds. The van der Waals surface area contributed by atoms with Gasteiger partial charge >= 0.3 is 0 Å². The fraction of sp³-hybridized carbons (Fsp3) is 0. The number of aromatic nitrogens is 3. The van der Waals surface area contributed by atoms with Crippen LogP contribution in [0.1, 0.15) is 0 Å². The number of nitrogens with one attached hydrogen (secondary N) is 1. The minimum absolute atomic E-state index is 1.47. The number of hydrogen-bond donors (Lipinski definition) is 1. The average molecular weight is 231 g/mol. The second-order valence-electron chi connectivity index (χ2n) is 2.60. The van der Waals surface area contributed by atoms with E-state index in [1.54, 1.807) is 18.6 Å². The standard InChI is InChI=1S/C12H13N3S/c1-2-4-6-8-13-12-14-9-10-15-16-11-7-5-3-1/h1-12,15H. The molecule has 0 aliphatic carbocycles. The summed E-state index contributed by atoms with van der Waals surface area (Å²) < 4.78 is 2.98. The molecule has 0 saturated carbocycles. The fourth-order valence-corrected chi connectivity index (χ4v) is 1.16. The van der Waals surface area contributed by atoms with Gasteiger partial charge in [0.05, 0.1) is 0 Å². The van der Waals surface area contributed by atoms with Crippen LogP contribution in [0, 0.1) is 0 Å². The van der Waals surface area contributed by atoms with Crippen molar-refractivity contribution in [3.8, 4) is 0 Å². The van der Waals surface area contributed by atoms with Gasteiger partial charge in [-0.1, -0.05) is 47.9 Å². The van der Waals surface area contributed by atoms with Crippen LogP contribution in [0.3, 0.4) is 0 Å². The lowest BCUT2D eigenvalue weighted by molar-refractivity contribution is 1.20. The number of hydrogen-bond acceptors (Lipinski definition) is 3. The average Bonchev–Trinajstić information content (AvgIpc) is 2.29. The first kappa shape index (κ1) is 12.1. The second kappa shape index (κ2) is 9.61. The lowest BCUT2D eigenvalue weighted by atomic mass is 10.5. The molecule has 0 bridgehead atoms. The normalized spacial score (nSPS) is 8.00. The van der Waals surface area contributed by atoms with E-state index in [4.69, 9.17) is 0 Å². The molecule has 0 aliphatic rings. The Morgan fingerprint density at radius 3 is 2.31 bits per heavy atom. The highest BCUT2D eigenvalue weighted by molar-refractivity contribution is 7.03. The minimum atomic E-state index is 1.47. The van der Waals surface area contributed by atoms with E-state index < -0.39 is 0 Å². The summed E-state index contributed by atoms with van der Waals surface area (Å²) in [6, 6.07) is 13.5. The van der Waals surface area contributed by atoms with E-state index in [0.29, 0.717) is 0 Å². The van der Waals surface area contributed by atoms with Crippen molar-refractivity contribution in [1.29, 1.82) is 0 Å². The lowest BCUT2D eigenvalue weighted by Crippen LogP contribution is -1.63. The van der Waals surface area contributed by atoms with Crippen LogP contribution in [0.2, 0.25) is 0 Å². The molecule has 0 fully saturated rings. The molecule has 0 spiro atoms.